The first kappa shape index (κ1) is 15.8. The Morgan fingerprint density at radius 3 is 2.58 bits per heavy atom. The highest BCUT2D eigenvalue weighted by Crippen LogP contribution is 2.22. The van der Waals surface area contributed by atoms with E-state index in [1.807, 2.05) is 12.1 Å². The smallest absolute Gasteiger partial charge is 0.269 e. The molecule has 0 aliphatic heterocycles. The molecule has 0 bridgehead atoms. The van der Waals surface area contributed by atoms with E-state index in [-0.39, 0.29) is 11.7 Å². The summed E-state index contributed by atoms with van der Waals surface area (Å²) in [6.45, 7) is 2.62. The number of hydrogen-bond acceptors (Lipinski definition) is 6. The summed E-state index contributed by atoms with van der Waals surface area (Å²) >= 11 is 0. The van der Waals surface area contributed by atoms with Crippen molar-refractivity contribution in [3.05, 3.63) is 76.4 Å². The van der Waals surface area contributed by atoms with Crippen molar-refractivity contribution in [2.45, 2.75) is 19.5 Å². The van der Waals surface area contributed by atoms with Crippen LogP contribution in [-0.2, 0) is 6.54 Å². The number of rotatable bonds is 6. The topological polar surface area (TPSA) is 94.1 Å². The Balaban J connectivity index is 1.64. The fraction of sp³-hybridized carbons (Fsp3) is 0.176. The molecule has 1 N–H and O–H groups in total. The molecule has 0 amide bonds. The Labute approximate surface area is 138 Å². The van der Waals surface area contributed by atoms with Crippen LogP contribution in [0.15, 0.2) is 59.5 Å². The van der Waals surface area contributed by atoms with Crippen molar-refractivity contribution in [2.24, 2.45) is 0 Å². The van der Waals surface area contributed by atoms with Crippen molar-refractivity contribution < 1.29 is 9.34 Å². The third-order valence-corrected chi connectivity index (χ3v) is 3.67. The maximum absolute atomic E-state index is 10.7. The number of aromatic nitrogens is 2. The molecular weight excluding hydrogens is 308 g/mol. The lowest BCUT2D eigenvalue weighted by Crippen LogP contribution is -2.18. The first-order chi connectivity index (χ1) is 11.6. The Morgan fingerprint density at radius 1 is 1.21 bits per heavy atom. The molecule has 7 heteroatoms. The minimum atomic E-state index is -0.435. The molecular formula is C17H16N4O3. The second-order valence-electron chi connectivity index (χ2n) is 5.33. The fourth-order valence-electron chi connectivity index (χ4n) is 2.27. The molecule has 0 fully saturated rings. The highest BCUT2D eigenvalue weighted by Gasteiger charge is 2.11. The fourth-order valence-corrected chi connectivity index (χ4v) is 2.27. The Bertz CT molecular complexity index is 815. The summed E-state index contributed by atoms with van der Waals surface area (Å²) in [5.74, 6) is 0.443. The molecule has 3 aromatic rings. The van der Waals surface area contributed by atoms with Crippen LogP contribution < -0.4 is 5.32 Å². The van der Waals surface area contributed by atoms with Crippen LogP contribution in [0.25, 0.3) is 11.5 Å². The van der Waals surface area contributed by atoms with E-state index in [1.165, 1.54) is 12.1 Å². The van der Waals surface area contributed by atoms with Gasteiger partial charge in [-0.15, -0.1) is 0 Å². The van der Waals surface area contributed by atoms with Crippen LogP contribution in [0.2, 0.25) is 0 Å². The number of nitro benzene ring substituents is 1. The van der Waals surface area contributed by atoms with Gasteiger partial charge in [-0.2, -0.15) is 0 Å². The molecule has 0 aliphatic rings. The molecule has 0 radical (unpaired) electrons. The van der Waals surface area contributed by atoms with Crippen LogP contribution in [0, 0.1) is 10.1 Å². The van der Waals surface area contributed by atoms with Crippen molar-refractivity contribution in [1.82, 2.24) is 15.3 Å². The van der Waals surface area contributed by atoms with Crippen molar-refractivity contribution >= 4 is 5.69 Å². The molecule has 122 valence electrons. The number of non-ortho nitro benzene ring substituents is 1. The van der Waals surface area contributed by atoms with E-state index in [9.17, 15) is 10.1 Å². The Morgan fingerprint density at radius 2 is 1.92 bits per heavy atom. The largest absolute Gasteiger partial charge is 0.444 e. The normalized spacial score (nSPS) is 12.0. The maximum Gasteiger partial charge on any atom is 0.269 e. The average molecular weight is 324 g/mol. The summed E-state index contributed by atoms with van der Waals surface area (Å²) in [6, 6.07) is 10.2. The van der Waals surface area contributed by atoms with E-state index < -0.39 is 4.92 Å². The van der Waals surface area contributed by atoms with E-state index in [1.54, 1.807) is 30.8 Å². The van der Waals surface area contributed by atoms with Gasteiger partial charge in [-0.05, 0) is 36.8 Å². The van der Waals surface area contributed by atoms with Gasteiger partial charge in [0.15, 0.2) is 0 Å². The number of nitro groups is 1. The molecule has 3 rings (SSSR count). The minimum absolute atomic E-state index is 0.0402. The summed E-state index contributed by atoms with van der Waals surface area (Å²) in [7, 11) is 0. The van der Waals surface area contributed by atoms with Crippen LogP contribution in [0.3, 0.4) is 0 Å². The van der Waals surface area contributed by atoms with Gasteiger partial charge in [-0.3, -0.25) is 15.1 Å². The quantitative estimate of drug-likeness (QED) is 0.551. The molecule has 0 saturated heterocycles. The van der Waals surface area contributed by atoms with Crippen molar-refractivity contribution in [1.29, 1.82) is 0 Å². The van der Waals surface area contributed by atoms with Gasteiger partial charge in [-0.25, -0.2) is 4.98 Å². The second-order valence-corrected chi connectivity index (χ2v) is 5.33. The summed E-state index contributed by atoms with van der Waals surface area (Å²) < 4.78 is 5.46. The zero-order chi connectivity index (χ0) is 16.9. The summed E-state index contributed by atoms with van der Waals surface area (Å²) in [5.41, 5.74) is 2.65. The molecule has 7 nitrogen and oxygen atoms in total. The van der Waals surface area contributed by atoms with Crippen molar-refractivity contribution in [2.75, 3.05) is 0 Å². The summed E-state index contributed by atoms with van der Waals surface area (Å²) in [4.78, 5) is 18.6. The van der Waals surface area contributed by atoms with Gasteiger partial charge < -0.3 is 9.73 Å². The van der Waals surface area contributed by atoms with Gasteiger partial charge in [0.05, 0.1) is 10.6 Å². The van der Waals surface area contributed by atoms with E-state index in [2.05, 4.69) is 22.2 Å². The number of oxazole rings is 1. The Hall–Kier alpha value is -3.06. The number of hydrogen-bond donors (Lipinski definition) is 1. The number of nitrogens with one attached hydrogen (secondary N) is 1. The zero-order valence-corrected chi connectivity index (χ0v) is 13.0. The van der Waals surface area contributed by atoms with E-state index in [0.717, 1.165) is 11.3 Å². The predicted molar refractivity (Wildman–Crippen MR) is 88.1 cm³/mol. The molecule has 1 aromatic carbocycles. The highest BCUT2D eigenvalue weighted by molar-refractivity contribution is 5.55. The second kappa shape index (κ2) is 7.01. The predicted octanol–water partition coefficient (Wildman–Crippen LogP) is 3.50. The minimum Gasteiger partial charge on any atom is -0.444 e. The standard InChI is InChI=1S/C17H16N4O3/c1-12(13-6-8-18-9-7-13)19-10-15-11-24-17(20-15)14-2-4-16(5-3-14)21(22)23/h2-9,11-12,19H,10H2,1H3/t12-/m1/s1. The van der Waals surface area contributed by atoms with Crippen molar-refractivity contribution in [3.8, 4) is 11.5 Å². The third-order valence-electron chi connectivity index (χ3n) is 3.67. The molecule has 24 heavy (non-hydrogen) atoms. The van der Waals surface area contributed by atoms with Crippen LogP contribution >= 0.6 is 0 Å². The van der Waals surface area contributed by atoms with Gasteiger partial charge in [0.2, 0.25) is 5.89 Å². The molecule has 0 aliphatic carbocycles. The van der Waals surface area contributed by atoms with Crippen molar-refractivity contribution in [3.63, 3.8) is 0 Å². The van der Waals surface area contributed by atoms with Gasteiger partial charge in [0, 0.05) is 42.7 Å². The van der Waals surface area contributed by atoms with Gasteiger partial charge in [0.1, 0.15) is 6.26 Å². The SMILES string of the molecule is C[C@@H](NCc1coc(-c2ccc([N+](=O)[O-])cc2)n1)c1ccncc1. The van der Waals surface area contributed by atoms with Gasteiger partial charge >= 0.3 is 0 Å². The number of nitrogens with zero attached hydrogens (tertiary/aromatic N) is 3. The molecule has 0 spiro atoms. The lowest BCUT2D eigenvalue weighted by atomic mass is 10.1. The van der Waals surface area contributed by atoms with Crippen LogP contribution in [0.4, 0.5) is 5.69 Å². The van der Waals surface area contributed by atoms with Crippen LogP contribution in [-0.4, -0.2) is 14.9 Å². The lowest BCUT2D eigenvalue weighted by molar-refractivity contribution is -0.384. The monoisotopic (exact) mass is 324 g/mol. The van der Waals surface area contributed by atoms with E-state index in [4.69, 9.17) is 4.42 Å². The molecule has 0 unspecified atom stereocenters. The highest BCUT2D eigenvalue weighted by atomic mass is 16.6. The Kier molecular flexibility index (Phi) is 4.62. The first-order valence-electron chi connectivity index (χ1n) is 7.46. The summed E-state index contributed by atoms with van der Waals surface area (Å²) in [5, 5.41) is 14.0. The van der Waals surface area contributed by atoms with E-state index in [0.29, 0.717) is 18.0 Å². The van der Waals surface area contributed by atoms with Gasteiger partial charge in [-0.1, -0.05) is 0 Å². The molecule has 2 heterocycles. The van der Waals surface area contributed by atoms with E-state index >= 15 is 0 Å². The third kappa shape index (κ3) is 3.64. The zero-order valence-electron chi connectivity index (χ0n) is 13.0. The maximum atomic E-state index is 10.7. The first-order valence-corrected chi connectivity index (χ1v) is 7.46. The number of pyridine rings is 1. The lowest BCUT2D eigenvalue weighted by Gasteiger charge is -2.12. The average Bonchev–Trinajstić information content (AvgIpc) is 3.09. The molecule has 2 aromatic heterocycles. The van der Waals surface area contributed by atoms with Gasteiger partial charge in [0.25, 0.3) is 5.69 Å². The summed E-state index contributed by atoms with van der Waals surface area (Å²) in [6.07, 6.45) is 5.11. The van der Waals surface area contributed by atoms with Crippen LogP contribution in [0.5, 0.6) is 0 Å². The van der Waals surface area contributed by atoms with Crippen LogP contribution in [0.1, 0.15) is 24.2 Å². The molecule has 0 saturated carbocycles. The number of benzene rings is 1. The molecule has 1 atom stereocenters.